The zero-order valence-corrected chi connectivity index (χ0v) is 9.04. The lowest BCUT2D eigenvalue weighted by Gasteiger charge is -2.15. The molecule has 0 radical (unpaired) electrons. The first-order valence-electron chi connectivity index (χ1n) is 4.87. The maximum atomic E-state index is 8.94. The number of aliphatic hydroxyl groups is 1. The molecule has 1 heterocycles. The van der Waals surface area contributed by atoms with Gasteiger partial charge < -0.3 is 5.11 Å². The summed E-state index contributed by atoms with van der Waals surface area (Å²) in [6, 6.07) is 1.88. The summed E-state index contributed by atoms with van der Waals surface area (Å²) in [6.45, 7) is 2.30. The van der Waals surface area contributed by atoms with Crippen molar-refractivity contribution in [1.82, 2.24) is 10.2 Å². The van der Waals surface area contributed by atoms with Crippen molar-refractivity contribution in [3.63, 3.8) is 0 Å². The van der Waals surface area contributed by atoms with Crippen LogP contribution in [-0.4, -0.2) is 21.9 Å². The third-order valence-electron chi connectivity index (χ3n) is 2.26. The molecule has 78 valence electrons. The summed E-state index contributed by atoms with van der Waals surface area (Å²) in [5.74, 6) is 0.299. The number of hydrogen-bond acceptors (Lipinski definition) is 3. The van der Waals surface area contributed by atoms with E-state index in [0.29, 0.717) is 11.1 Å². The minimum atomic E-state index is 0.184. The predicted molar refractivity (Wildman–Crippen MR) is 56.4 cm³/mol. The van der Waals surface area contributed by atoms with Crippen molar-refractivity contribution < 1.29 is 5.11 Å². The zero-order valence-electron chi connectivity index (χ0n) is 8.28. The molecule has 0 fully saturated rings. The van der Waals surface area contributed by atoms with Crippen molar-refractivity contribution in [2.75, 3.05) is 6.61 Å². The maximum absolute atomic E-state index is 8.94. The minimum absolute atomic E-state index is 0.184. The van der Waals surface area contributed by atoms with E-state index in [9.17, 15) is 0 Å². The number of aromatic nitrogens is 2. The average molecular weight is 215 g/mol. The fraction of sp³-hybridized carbons (Fsp3) is 0.600. The Morgan fingerprint density at radius 2 is 2.29 bits per heavy atom. The van der Waals surface area contributed by atoms with Gasteiger partial charge in [0.25, 0.3) is 0 Å². The first-order chi connectivity index (χ1) is 6.79. The van der Waals surface area contributed by atoms with Crippen LogP contribution in [-0.2, 0) is 0 Å². The molecule has 0 aliphatic rings. The van der Waals surface area contributed by atoms with Gasteiger partial charge in [0.1, 0.15) is 0 Å². The molecule has 4 heteroatoms. The molecule has 1 atom stereocenters. The second-order valence-electron chi connectivity index (χ2n) is 3.28. The molecule has 0 aliphatic carbocycles. The Bertz CT molecular complexity index is 275. The largest absolute Gasteiger partial charge is 0.396 e. The van der Waals surface area contributed by atoms with Gasteiger partial charge in [-0.05, 0) is 30.4 Å². The van der Waals surface area contributed by atoms with Crippen LogP contribution in [0, 0.1) is 0 Å². The van der Waals surface area contributed by atoms with Crippen LogP contribution < -0.4 is 0 Å². The summed E-state index contributed by atoms with van der Waals surface area (Å²) in [6.07, 6.45) is 4.47. The van der Waals surface area contributed by atoms with Gasteiger partial charge in [0, 0.05) is 12.8 Å². The highest BCUT2D eigenvalue weighted by Crippen LogP contribution is 2.28. The average Bonchev–Trinajstić information content (AvgIpc) is 2.18. The van der Waals surface area contributed by atoms with E-state index in [1.54, 1.807) is 6.20 Å². The molecule has 0 amide bonds. The SMILES string of the molecule is CCCC(CCO)c1ccnnc1Cl. The molecule has 3 nitrogen and oxygen atoms in total. The molecule has 14 heavy (non-hydrogen) atoms. The monoisotopic (exact) mass is 214 g/mol. The number of hydrogen-bond donors (Lipinski definition) is 1. The molecular formula is C10H15ClN2O. The molecule has 1 aromatic rings. The molecule has 0 saturated carbocycles. The van der Waals surface area contributed by atoms with Gasteiger partial charge in [0.05, 0.1) is 0 Å². The molecule has 0 bridgehead atoms. The zero-order chi connectivity index (χ0) is 10.4. The quantitative estimate of drug-likeness (QED) is 0.819. The van der Waals surface area contributed by atoms with Gasteiger partial charge in [-0.25, -0.2) is 0 Å². The molecular weight excluding hydrogens is 200 g/mol. The third kappa shape index (κ3) is 2.93. The van der Waals surface area contributed by atoms with Crippen LogP contribution in [0.5, 0.6) is 0 Å². The number of nitrogens with zero attached hydrogens (tertiary/aromatic N) is 2. The van der Waals surface area contributed by atoms with E-state index < -0.39 is 0 Å². The first kappa shape index (κ1) is 11.4. The van der Waals surface area contributed by atoms with Crippen molar-refractivity contribution in [2.45, 2.75) is 32.1 Å². The van der Waals surface area contributed by atoms with E-state index in [2.05, 4.69) is 17.1 Å². The van der Waals surface area contributed by atoms with Gasteiger partial charge in [-0.2, -0.15) is 5.10 Å². The maximum Gasteiger partial charge on any atom is 0.155 e. The fourth-order valence-electron chi connectivity index (χ4n) is 1.59. The van der Waals surface area contributed by atoms with Gasteiger partial charge in [0.2, 0.25) is 0 Å². The summed E-state index contributed by atoms with van der Waals surface area (Å²) in [5, 5.41) is 16.9. The topological polar surface area (TPSA) is 46.0 Å². The van der Waals surface area contributed by atoms with Crippen LogP contribution in [0.15, 0.2) is 12.3 Å². The molecule has 0 saturated heterocycles. The van der Waals surface area contributed by atoms with E-state index in [-0.39, 0.29) is 6.61 Å². The van der Waals surface area contributed by atoms with Crippen molar-refractivity contribution >= 4 is 11.6 Å². The van der Waals surface area contributed by atoms with Gasteiger partial charge in [-0.1, -0.05) is 24.9 Å². The molecule has 0 spiro atoms. The van der Waals surface area contributed by atoms with Gasteiger partial charge >= 0.3 is 0 Å². The minimum Gasteiger partial charge on any atom is -0.396 e. The number of aliphatic hydroxyl groups excluding tert-OH is 1. The van der Waals surface area contributed by atoms with E-state index >= 15 is 0 Å². The van der Waals surface area contributed by atoms with Gasteiger partial charge in [0.15, 0.2) is 5.15 Å². The van der Waals surface area contributed by atoms with Crippen LogP contribution in [0.1, 0.15) is 37.7 Å². The lowest BCUT2D eigenvalue weighted by molar-refractivity contribution is 0.272. The molecule has 1 rings (SSSR count). The van der Waals surface area contributed by atoms with Crippen LogP contribution in [0.4, 0.5) is 0 Å². The molecule has 0 aromatic carbocycles. The Morgan fingerprint density at radius 1 is 1.50 bits per heavy atom. The van der Waals surface area contributed by atoms with E-state index in [4.69, 9.17) is 16.7 Å². The van der Waals surface area contributed by atoms with Crippen molar-refractivity contribution in [1.29, 1.82) is 0 Å². The standard InChI is InChI=1S/C10H15ClN2O/c1-2-3-8(5-7-14)9-4-6-12-13-10(9)11/h4,6,8,14H,2-3,5,7H2,1H3. The normalized spacial score (nSPS) is 12.8. The Labute approximate surface area is 89.1 Å². The van der Waals surface area contributed by atoms with Crippen molar-refractivity contribution in [2.24, 2.45) is 0 Å². The Balaban J connectivity index is 2.81. The predicted octanol–water partition coefficient (Wildman–Crippen LogP) is 2.40. The first-order valence-corrected chi connectivity index (χ1v) is 5.25. The number of halogens is 1. The lowest BCUT2D eigenvalue weighted by Crippen LogP contribution is -2.03. The Kier molecular flexibility index (Phi) is 4.84. The van der Waals surface area contributed by atoms with E-state index in [0.717, 1.165) is 24.8 Å². The highest BCUT2D eigenvalue weighted by atomic mass is 35.5. The van der Waals surface area contributed by atoms with Crippen LogP contribution in [0.3, 0.4) is 0 Å². The van der Waals surface area contributed by atoms with Crippen LogP contribution in [0.25, 0.3) is 0 Å². The van der Waals surface area contributed by atoms with Gasteiger partial charge in [-0.3, -0.25) is 0 Å². The molecule has 1 unspecified atom stereocenters. The lowest BCUT2D eigenvalue weighted by atomic mass is 9.93. The summed E-state index contributed by atoms with van der Waals surface area (Å²) < 4.78 is 0. The van der Waals surface area contributed by atoms with E-state index in [1.807, 2.05) is 6.07 Å². The van der Waals surface area contributed by atoms with Gasteiger partial charge in [-0.15, -0.1) is 5.10 Å². The van der Waals surface area contributed by atoms with Crippen molar-refractivity contribution in [3.05, 3.63) is 23.0 Å². The highest BCUT2D eigenvalue weighted by molar-refractivity contribution is 6.30. The second-order valence-corrected chi connectivity index (χ2v) is 3.63. The smallest absolute Gasteiger partial charge is 0.155 e. The molecule has 1 aromatic heterocycles. The number of rotatable bonds is 5. The van der Waals surface area contributed by atoms with E-state index in [1.165, 1.54) is 0 Å². The Hall–Kier alpha value is -0.670. The Morgan fingerprint density at radius 3 is 2.86 bits per heavy atom. The summed E-state index contributed by atoms with van der Waals surface area (Å²) in [5.41, 5.74) is 0.998. The second kappa shape index (κ2) is 5.94. The molecule has 1 N–H and O–H groups in total. The van der Waals surface area contributed by atoms with Crippen LogP contribution >= 0.6 is 11.6 Å². The van der Waals surface area contributed by atoms with Crippen molar-refractivity contribution in [3.8, 4) is 0 Å². The summed E-state index contributed by atoms with van der Waals surface area (Å²) >= 11 is 5.94. The summed E-state index contributed by atoms with van der Waals surface area (Å²) in [7, 11) is 0. The fourth-order valence-corrected chi connectivity index (χ4v) is 1.85. The summed E-state index contributed by atoms with van der Waals surface area (Å²) in [4.78, 5) is 0. The third-order valence-corrected chi connectivity index (χ3v) is 2.55. The highest BCUT2D eigenvalue weighted by Gasteiger charge is 2.13. The molecule has 0 aliphatic heterocycles. The van der Waals surface area contributed by atoms with Crippen LogP contribution in [0.2, 0.25) is 5.15 Å².